The lowest BCUT2D eigenvalue weighted by Gasteiger charge is -2.26. The third-order valence-corrected chi connectivity index (χ3v) is 4.32. The summed E-state index contributed by atoms with van der Waals surface area (Å²) >= 11 is 0. The Morgan fingerprint density at radius 1 is 1.10 bits per heavy atom. The first-order chi connectivity index (χ1) is 10.4. The van der Waals surface area contributed by atoms with E-state index in [4.69, 9.17) is 0 Å². The Hall–Kier alpha value is -1.72. The fourth-order valence-corrected chi connectivity index (χ4v) is 2.82. The minimum Gasteiger partial charge on any atom is -0.315 e. The number of nitrogens with zero attached hydrogens (tertiary/aromatic N) is 4. The molecule has 2 heterocycles. The highest BCUT2D eigenvalue weighted by atomic mass is 15.3. The minimum absolute atomic E-state index is 0.773. The summed E-state index contributed by atoms with van der Waals surface area (Å²) in [6.45, 7) is 4.94. The van der Waals surface area contributed by atoms with E-state index in [1.807, 2.05) is 6.33 Å². The molecule has 1 saturated carbocycles. The van der Waals surface area contributed by atoms with E-state index in [1.54, 1.807) is 0 Å². The van der Waals surface area contributed by atoms with E-state index in [9.17, 15) is 0 Å². The van der Waals surface area contributed by atoms with Gasteiger partial charge in [-0.25, -0.2) is 0 Å². The van der Waals surface area contributed by atoms with Crippen LogP contribution in [0.1, 0.15) is 29.8 Å². The summed E-state index contributed by atoms with van der Waals surface area (Å²) in [4.78, 5) is 2.43. The maximum atomic E-state index is 4.17. The predicted molar refractivity (Wildman–Crippen MR) is 80.4 cm³/mol. The smallest absolute Gasteiger partial charge is 0.147 e. The fourth-order valence-electron chi connectivity index (χ4n) is 2.82. The number of hydrogen-bond acceptors (Lipinski definition) is 4. The monoisotopic (exact) mass is 283 g/mol. The van der Waals surface area contributed by atoms with Gasteiger partial charge in [-0.1, -0.05) is 24.3 Å². The molecule has 0 amide bonds. The molecule has 1 fully saturated rings. The molecule has 21 heavy (non-hydrogen) atoms. The van der Waals surface area contributed by atoms with Crippen molar-refractivity contribution in [3.05, 3.63) is 47.5 Å². The second-order valence-electron chi connectivity index (χ2n) is 6.12. The Morgan fingerprint density at radius 2 is 1.90 bits per heavy atom. The number of aromatic nitrogens is 3. The molecule has 5 nitrogen and oxygen atoms in total. The van der Waals surface area contributed by atoms with Crippen LogP contribution in [-0.4, -0.2) is 32.3 Å². The molecule has 2 aliphatic rings. The zero-order valence-corrected chi connectivity index (χ0v) is 12.2. The van der Waals surface area contributed by atoms with Gasteiger partial charge in [0.05, 0.1) is 6.54 Å². The zero-order valence-electron chi connectivity index (χ0n) is 12.2. The molecule has 0 atom stereocenters. The minimum atomic E-state index is 0.773. The van der Waals surface area contributed by atoms with Crippen LogP contribution in [0.3, 0.4) is 0 Å². The molecule has 1 aliphatic heterocycles. The summed E-state index contributed by atoms with van der Waals surface area (Å²) < 4.78 is 2.14. The second-order valence-corrected chi connectivity index (χ2v) is 6.12. The normalized spacial score (nSPS) is 18.7. The summed E-state index contributed by atoms with van der Waals surface area (Å²) in [6.07, 6.45) is 4.52. The summed E-state index contributed by atoms with van der Waals surface area (Å²) in [6, 6.07) is 9.77. The van der Waals surface area contributed by atoms with Crippen LogP contribution in [0, 0.1) is 0 Å². The van der Waals surface area contributed by atoms with Crippen molar-refractivity contribution in [2.45, 2.75) is 45.1 Å². The Morgan fingerprint density at radius 3 is 2.71 bits per heavy atom. The SMILES string of the molecule is c1cc(CN2CCn3cnnc3C2)ccc1CNC1CC1. The van der Waals surface area contributed by atoms with Crippen LogP contribution < -0.4 is 5.32 Å². The first-order valence-electron chi connectivity index (χ1n) is 7.77. The first-order valence-corrected chi connectivity index (χ1v) is 7.77. The highest BCUT2D eigenvalue weighted by Crippen LogP contribution is 2.19. The molecular weight excluding hydrogens is 262 g/mol. The summed E-state index contributed by atoms with van der Waals surface area (Å²) in [5.41, 5.74) is 2.75. The Bertz CT molecular complexity index is 599. The van der Waals surface area contributed by atoms with E-state index in [0.29, 0.717) is 0 Å². The van der Waals surface area contributed by atoms with Crippen molar-refractivity contribution < 1.29 is 0 Å². The molecule has 0 bridgehead atoms. The fraction of sp³-hybridized carbons (Fsp3) is 0.500. The predicted octanol–water partition coefficient (Wildman–Crippen LogP) is 1.55. The molecule has 4 rings (SSSR count). The lowest BCUT2D eigenvalue weighted by molar-refractivity contribution is 0.209. The van der Waals surface area contributed by atoms with E-state index in [1.165, 1.54) is 24.0 Å². The van der Waals surface area contributed by atoms with Crippen molar-refractivity contribution in [1.82, 2.24) is 25.0 Å². The van der Waals surface area contributed by atoms with E-state index in [0.717, 1.165) is 44.6 Å². The van der Waals surface area contributed by atoms with Crippen LogP contribution in [-0.2, 0) is 26.2 Å². The topological polar surface area (TPSA) is 46.0 Å². The van der Waals surface area contributed by atoms with Gasteiger partial charge in [-0.3, -0.25) is 4.90 Å². The van der Waals surface area contributed by atoms with Gasteiger partial charge in [0.2, 0.25) is 0 Å². The van der Waals surface area contributed by atoms with Gasteiger partial charge in [0.1, 0.15) is 12.2 Å². The van der Waals surface area contributed by atoms with Crippen LogP contribution in [0.15, 0.2) is 30.6 Å². The molecular formula is C16H21N5. The van der Waals surface area contributed by atoms with Crippen molar-refractivity contribution in [3.8, 4) is 0 Å². The second kappa shape index (κ2) is 5.58. The molecule has 0 unspecified atom stereocenters. The van der Waals surface area contributed by atoms with Gasteiger partial charge in [-0.15, -0.1) is 10.2 Å². The van der Waals surface area contributed by atoms with Gasteiger partial charge in [0, 0.05) is 32.2 Å². The number of fused-ring (bicyclic) bond motifs is 1. The van der Waals surface area contributed by atoms with E-state index in [-0.39, 0.29) is 0 Å². The van der Waals surface area contributed by atoms with Crippen molar-refractivity contribution >= 4 is 0 Å². The quantitative estimate of drug-likeness (QED) is 0.904. The highest BCUT2D eigenvalue weighted by Gasteiger charge is 2.20. The van der Waals surface area contributed by atoms with Gasteiger partial charge in [-0.2, -0.15) is 0 Å². The van der Waals surface area contributed by atoms with Crippen LogP contribution in [0.4, 0.5) is 0 Å². The standard InChI is InChI=1S/C16H21N5/c1-3-14(4-2-13(1)9-17-15-5-6-15)10-20-7-8-21-12-18-19-16(21)11-20/h1-4,12,15,17H,5-11H2. The maximum Gasteiger partial charge on any atom is 0.147 e. The lowest BCUT2D eigenvalue weighted by Crippen LogP contribution is -2.33. The van der Waals surface area contributed by atoms with E-state index >= 15 is 0 Å². The Balaban J connectivity index is 1.34. The Labute approximate surface area is 125 Å². The van der Waals surface area contributed by atoms with Crippen molar-refractivity contribution in [1.29, 1.82) is 0 Å². The van der Waals surface area contributed by atoms with Gasteiger partial charge in [0.15, 0.2) is 0 Å². The van der Waals surface area contributed by atoms with Crippen molar-refractivity contribution in [2.75, 3.05) is 6.54 Å². The summed E-state index contributed by atoms with van der Waals surface area (Å²) in [5, 5.41) is 11.7. The number of rotatable bonds is 5. The third kappa shape index (κ3) is 3.14. The van der Waals surface area contributed by atoms with Crippen LogP contribution in [0.5, 0.6) is 0 Å². The van der Waals surface area contributed by atoms with Crippen LogP contribution in [0.2, 0.25) is 0 Å². The molecule has 110 valence electrons. The molecule has 0 spiro atoms. The number of benzene rings is 1. The van der Waals surface area contributed by atoms with Crippen molar-refractivity contribution in [3.63, 3.8) is 0 Å². The molecule has 5 heteroatoms. The number of hydrogen-bond donors (Lipinski definition) is 1. The van der Waals surface area contributed by atoms with Crippen LogP contribution >= 0.6 is 0 Å². The van der Waals surface area contributed by atoms with E-state index < -0.39 is 0 Å². The van der Waals surface area contributed by atoms with Crippen LogP contribution in [0.25, 0.3) is 0 Å². The average molecular weight is 283 g/mol. The first kappa shape index (κ1) is 13.0. The lowest BCUT2D eigenvalue weighted by atomic mass is 10.1. The third-order valence-electron chi connectivity index (χ3n) is 4.32. The molecule has 1 N–H and O–H groups in total. The Kier molecular flexibility index (Phi) is 3.45. The van der Waals surface area contributed by atoms with Gasteiger partial charge in [0.25, 0.3) is 0 Å². The summed E-state index contributed by atoms with van der Waals surface area (Å²) in [7, 11) is 0. The summed E-state index contributed by atoms with van der Waals surface area (Å²) in [5.74, 6) is 1.08. The molecule has 0 saturated heterocycles. The molecule has 1 aromatic carbocycles. The number of nitrogens with one attached hydrogen (secondary N) is 1. The average Bonchev–Trinajstić information content (AvgIpc) is 3.23. The zero-order chi connectivity index (χ0) is 14.1. The molecule has 1 aliphatic carbocycles. The highest BCUT2D eigenvalue weighted by molar-refractivity contribution is 5.22. The van der Waals surface area contributed by atoms with Gasteiger partial charge >= 0.3 is 0 Å². The molecule has 2 aromatic rings. The molecule has 1 aromatic heterocycles. The van der Waals surface area contributed by atoms with Crippen molar-refractivity contribution in [2.24, 2.45) is 0 Å². The van der Waals surface area contributed by atoms with Gasteiger partial charge in [-0.05, 0) is 24.0 Å². The molecule has 0 radical (unpaired) electrons. The van der Waals surface area contributed by atoms with E-state index in [2.05, 4.69) is 49.2 Å². The largest absolute Gasteiger partial charge is 0.315 e. The van der Waals surface area contributed by atoms with Gasteiger partial charge < -0.3 is 9.88 Å². The maximum absolute atomic E-state index is 4.17.